The summed E-state index contributed by atoms with van der Waals surface area (Å²) in [6, 6.07) is 0. The van der Waals surface area contributed by atoms with Crippen molar-refractivity contribution >= 4 is 11.8 Å². The number of nitrogens with two attached hydrogens (primary N) is 1. The van der Waals surface area contributed by atoms with Crippen LogP contribution in [-0.2, 0) is 0 Å². The Bertz CT molecular complexity index is 176. The van der Waals surface area contributed by atoms with Crippen LogP contribution in [0.5, 0.6) is 0 Å². The molecule has 4 heteroatoms. The van der Waals surface area contributed by atoms with Crippen LogP contribution in [0.25, 0.3) is 0 Å². The first kappa shape index (κ1) is 8.81. The van der Waals surface area contributed by atoms with Crippen molar-refractivity contribution in [3.63, 3.8) is 0 Å². The summed E-state index contributed by atoms with van der Waals surface area (Å²) in [6.45, 7) is 2.33. The van der Waals surface area contributed by atoms with Gasteiger partial charge in [-0.3, -0.25) is 4.90 Å². The van der Waals surface area contributed by atoms with Gasteiger partial charge in [0.2, 0.25) is 0 Å². The maximum Gasteiger partial charge on any atom is 0.0617 e. The van der Waals surface area contributed by atoms with Crippen molar-refractivity contribution in [3.8, 4) is 0 Å². The summed E-state index contributed by atoms with van der Waals surface area (Å²) in [5.74, 6) is 2.23. The number of thioether (sulfide) groups is 1. The van der Waals surface area contributed by atoms with Gasteiger partial charge in [-0.2, -0.15) is 0 Å². The summed E-state index contributed by atoms with van der Waals surface area (Å²) < 4.78 is 0. The number of likely N-dealkylation sites (tertiary alicyclic amines) is 1. The molecule has 0 aromatic carbocycles. The number of piperidine rings is 1. The topological polar surface area (TPSA) is 49.5 Å². The highest BCUT2D eigenvalue weighted by Crippen LogP contribution is 2.53. The first-order chi connectivity index (χ1) is 5.72. The molecule has 1 aliphatic carbocycles. The quantitative estimate of drug-likeness (QED) is 0.630. The molecule has 70 valence electrons. The van der Waals surface area contributed by atoms with Crippen LogP contribution in [0.2, 0.25) is 0 Å². The highest BCUT2D eigenvalue weighted by molar-refractivity contribution is 7.98. The third kappa shape index (κ3) is 1.09. The Balaban J connectivity index is 1.85. The number of hydrogen-bond donors (Lipinski definition) is 2. The second kappa shape index (κ2) is 2.87. The smallest absolute Gasteiger partial charge is 0.0617 e. The van der Waals surface area contributed by atoms with Gasteiger partial charge in [0.25, 0.3) is 0 Å². The third-order valence-electron chi connectivity index (χ3n) is 3.25. The highest BCUT2D eigenvalue weighted by Gasteiger charge is 2.65. The molecule has 2 aliphatic rings. The van der Waals surface area contributed by atoms with E-state index in [1.165, 1.54) is 0 Å². The number of nitrogens with zero attached hydrogens (tertiary/aromatic N) is 1. The van der Waals surface area contributed by atoms with E-state index in [9.17, 15) is 0 Å². The fourth-order valence-electron chi connectivity index (χ4n) is 2.38. The van der Waals surface area contributed by atoms with Crippen LogP contribution < -0.4 is 5.73 Å². The van der Waals surface area contributed by atoms with Crippen molar-refractivity contribution in [2.45, 2.75) is 5.54 Å². The van der Waals surface area contributed by atoms with Crippen LogP contribution in [0, 0.1) is 11.8 Å². The largest absolute Gasteiger partial charge is 0.394 e. The molecule has 0 aromatic heterocycles. The molecule has 2 fully saturated rings. The Morgan fingerprint density at radius 2 is 2.17 bits per heavy atom. The van der Waals surface area contributed by atoms with Gasteiger partial charge in [0.15, 0.2) is 0 Å². The molecule has 2 rings (SSSR count). The molecule has 0 bridgehead atoms. The minimum atomic E-state index is -0.213. The normalized spacial score (nSPS) is 46.2. The van der Waals surface area contributed by atoms with Crippen LogP contribution in [0.1, 0.15) is 0 Å². The highest BCUT2D eigenvalue weighted by atomic mass is 32.2. The van der Waals surface area contributed by atoms with Crippen LogP contribution in [-0.4, -0.2) is 47.4 Å². The van der Waals surface area contributed by atoms with Crippen molar-refractivity contribution in [2.24, 2.45) is 17.6 Å². The average Bonchev–Trinajstić information content (AvgIpc) is 2.51. The number of aliphatic hydroxyl groups is 1. The fourth-order valence-corrected chi connectivity index (χ4v) is 2.95. The van der Waals surface area contributed by atoms with Gasteiger partial charge in [-0.25, -0.2) is 0 Å². The molecule has 3 atom stereocenters. The monoisotopic (exact) mass is 188 g/mol. The Morgan fingerprint density at radius 3 is 2.58 bits per heavy atom. The van der Waals surface area contributed by atoms with Crippen LogP contribution in [0.15, 0.2) is 0 Å². The molecule has 0 radical (unpaired) electrons. The van der Waals surface area contributed by atoms with E-state index in [4.69, 9.17) is 10.8 Å². The molecule has 1 aliphatic heterocycles. The summed E-state index contributed by atoms with van der Waals surface area (Å²) >= 11 is 1.85. The molecule has 3 N–H and O–H groups in total. The molecule has 0 amide bonds. The summed E-state index contributed by atoms with van der Waals surface area (Å²) in [6.07, 6.45) is 2.12. The second-order valence-electron chi connectivity index (χ2n) is 3.94. The molecular weight excluding hydrogens is 172 g/mol. The molecule has 0 spiro atoms. The Hall–Kier alpha value is 0.230. The van der Waals surface area contributed by atoms with E-state index in [-0.39, 0.29) is 12.1 Å². The zero-order chi connectivity index (χ0) is 8.77. The van der Waals surface area contributed by atoms with Crippen LogP contribution >= 0.6 is 11.8 Å². The molecule has 1 heterocycles. The second-order valence-corrected chi connectivity index (χ2v) is 4.77. The van der Waals surface area contributed by atoms with Crippen molar-refractivity contribution < 1.29 is 5.11 Å². The molecule has 1 saturated carbocycles. The van der Waals surface area contributed by atoms with Crippen LogP contribution in [0.4, 0.5) is 0 Å². The number of rotatable bonds is 3. The van der Waals surface area contributed by atoms with Gasteiger partial charge in [-0.05, 0) is 18.1 Å². The zero-order valence-electron chi connectivity index (χ0n) is 7.36. The van der Waals surface area contributed by atoms with E-state index in [1.807, 2.05) is 11.8 Å². The van der Waals surface area contributed by atoms with E-state index in [2.05, 4.69) is 11.2 Å². The van der Waals surface area contributed by atoms with Crippen molar-refractivity contribution in [3.05, 3.63) is 0 Å². The summed E-state index contributed by atoms with van der Waals surface area (Å²) in [7, 11) is 0. The number of hydrogen-bond acceptors (Lipinski definition) is 4. The van der Waals surface area contributed by atoms with Gasteiger partial charge in [0.1, 0.15) is 0 Å². The standard InChI is InChI=1S/C8H16N2OS/c1-12-5-10-2-6-7(3-10)8(6,9)4-11/h6-7,11H,2-5,9H2,1H3/t6-,7+,8-. The van der Waals surface area contributed by atoms with E-state index >= 15 is 0 Å². The third-order valence-corrected chi connectivity index (χ3v) is 3.88. The first-order valence-electron chi connectivity index (χ1n) is 4.33. The van der Waals surface area contributed by atoms with E-state index in [0.29, 0.717) is 11.8 Å². The predicted molar refractivity (Wildman–Crippen MR) is 50.9 cm³/mol. The van der Waals surface area contributed by atoms with E-state index in [1.54, 1.807) is 0 Å². The van der Waals surface area contributed by atoms with E-state index < -0.39 is 0 Å². The lowest BCUT2D eigenvalue weighted by molar-refractivity contribution is 0.209. The van der Waals surface area contributed by atoms with Crippen molar-refractivity contribution in [1.29, 1.82) is 0 Å². The van der Waals surface area contributed by atoms with E-state index in [0.717, 1.165) is 19.0 Å². The van der Waals surface area contributed by atoms with Gasteiger partial charge >= 0.3 is 0 Å². The lowest BCUT2D eigenvalue weighted by Gasteiger charge is -2.21. The molecular formula is C8H16N2OS. The molecule has 12 heavy (non-hydrogen) atoms. The lowest BCUT2D eigenvalue weighted by atomic mass is 10.2. The average molecular weight is 188 g/mol. The number of aliphatic hydroxyl groups excluding tert-OH is 1. The van der Waals surface area contributed by atoms with Gasteiger partial charge in [0.05, 0.1) is 6.61 Å². The van der Waals surface area contributed by atoms with Gasteiger partial charge in [-0.15, -0.1) is 11.8 Å². The SMILES string of the molecule is CSCN1C[C@@H]2[C@H](C1)[C@@]2(N)CO. The first-order valence-corrected chi connectivity index (χ1v) is 5.73. The predicted octanol–water partition coefficient (Wildman–Crippen LogP) is -0.442. The summed E-state index contributed by atoms with van der Waals surface area (Å²) in [4.78, 5) is 2.42. The van der Waals surface area contributed by atoms with Gasteiger partial charge in [-0.1, -0.05) is 0 Å². The van der Waals surface area contributed by atoms with Crippen LogP contribution in [0.3, 0.4) is 0 Å². The Morgan fingerprint density at radius 1 is 1.58 bits per heavy atom. The number of fused-ring (bicyclic) bond motifs is 1. The zero-order valence-corrected chi connectivity index (χ0v) is 8.18. The lowest BCUT2D eigenvalue weighted by Crippen LogP contribution is -2.40. The summed E-state index contributed by atoms with van der Waals surface area (Å²) in [5, 5.41) is 9.04. The minimum Gasteiger partial charge on any atom is -0.394 e. The summed E-state index contributed by atoms with van der Waals surface area (Å²) in [5.41, 5.74) is 5.76. The Labute approximate surface area is 77.3 Å². The van der Waals surface area contributed by atoms with Crippen molar-refractivity contribution in [1.82, 2.24) is 4.90 Å². The molecule has 1 saturated heterocycles. The maximum absolute atomic E-state index is 9.04. The Kier molecular flexibility index (Phi) is 2.11. The molecule has 0 unspecified atom stereocenters. The minimum absolute atomic E-state index is 0.162. The van der Waals surface area contributed by atoms with Gasteiger partial charge < -0.3 is 10.8 Å². The van der Waals surface area contributed by atoms with Gasteiger partial charge in [0, 0.05) is 24.5 Å². The van der Waals surface area contributed by atoms with Crippen molar-refractivity contribution in [2.75, 3.05) is 31.8 Å². The molecule has 3 nitrogen and oxygen atoms in total. The maximum atomic E-state index is 9.04. The fraction of sp³-hybridized carbons (Fsp3) is 1.00. The molecule has 0 aromatic rings.